The van der Waals surface area contributed by atoms with Crippen LogP contribution < -0.4 is 10.1 Å². The van der Waals surface area contributed by atoms with Gasteiger partial charge in [-0.25, -0.2) is 0 Å². The van der Waals surface area contributed by atoms with E-state index in [1.165, 1.54) is 12.1 Å². The third kappa shape index (κ3) is 3.98. The van der Waals surface area contributed by atoms with Gasteiger partial charge in [0.1, 0.15) is 5.75 Å². The van der Waals surface area contributed by atoms with E-state index >= 15 is 0 Å². The second-order valence-electron chi connectivity index (χ2n) is 4.79. The zero-order chi connectivity index (χ0) is 15.3. The van der Waals surface area contributed by atoms with Crippen molar-refractivity contribution in [3.63, 3.8) is 0 Å². The van der Waals surface area contributed by atoms with Crippen molar-refractivity contribution in [3.8, 4) is 5.75 Å². The van der Waals surface area contributed by atoms with E-state index in [4.69, 9.17) is 4.74 Å². The van der Waals surface area contributed by atoms with Crippen molar-refractivity contribution in [1.82, 2.24) is 10.3 Å². The Kier molecular flexibility index (Phi) is 4.85. The van der Waals surface area contributed by atoms with Crippen LogP contribution in [0, 0.1) is 6.92 Å². The Morgan fingerprint density at radius 1 is 1.14 bits per heavy atom. The Balaban J connectivity index is 2.12. The van der Waals surface area contributed by atoms with Crippen molar-refractivity contribution in [2.45, 2.75) is 19.4 Å². The summed E-state index contributed by atoms with van der Waals surface area (Å²) in [6, 6.07) is 11.1. The second-order valence-corrected chi connectivity index (χ2v) is 4.79. The lowest BCUT2D eigenvalue weighted by Gasteiger charge is -2.18. The zero-order valence-corrected chi connectivity index (χ0v) is 12.1. The minimum Gasteiger partial charge on any atom is -0.485 e. The number of hydrogen-bond acceptors (Lipinski definition) is 3. The van der Waals surface area contributed by atoms with Gasteiger partial charge in [-0.2, -0.15) is 8.78 Å². The highest BCUT2D eigenvalue weighted by Crippen LogP contribution is 2.29. The molecule has 0 aliphatic heterocycles. The smallest absolute Gasteiger partial charge is 0.306 e. The summed E-state index contributed by atoms with van der Waals surface area (Å²) in [7, 11) is 1.77. The van der Waals surface area contributed by atoms with Gasteiger partial charge in [0.15, 0.2) is 6.61 Å². The number of ether oxygens (including phenoxy) is 1. The van der Waals surface area contributed by atoms with Gasteiger partial charge in [-0.15, -0.1) is 0 Å². The van der Waals surface area contributed by atoms with Crippen LogP contribution in [0.15, 0.2) is 42.5 Å². The summed E-state index contributed by atoms with van der Waals surface area (Å²) in [6.45, 7) is 1.61. The number of nitrogens with zero attached hydrogens (tertiary/aromatic N) is 1. The first kappa shape index (κ1) is 15.4. The number of pyridine rings is 1. The maximum absolute atomic E-state index is 14.1. The molecule has 0 saturated heterocycles. The fourth-order valence-electron chi connectivity index (χ4n) is 1.96. The molecule has 3 nitrogen and oxygen atoms in total. The lowest BCUT2D eigenvalue weighted by Crippen LogP contribution is -2.24. The molecule has 0 radical (unpaired) electrons. The molecule has 0 aliphatic rings. The van der Waals surface area contributed by atoms with Crippen LogP contribution in [0.4, 0.5) is 8.78 Å². The van der Waals surface area contributed by atoms with Gasteiger partial charge in [0.25, 0.3) is 0 Å². The Morgan fingerprint density at radius 2 is 1.86 bits per heavy atom. The van der Waals surface area contributed by atoms with Crippen LogP contribution in [0.3, 0.4) is 0 Å². The average molecular weight is 292 g/mol. The molecule has 1 aromatic heterocycles. The second kappa shape index (κ2) is 6.63. The van der Waals surface area contributed by atoms with E-state index in [1.807, 2.05) is 6.92 Å². The van der Waals surface area contributed by atoms with Crippen molar-refractivity contribution in [2.24, 2.45) is 0 Å². The average Bonchev–Trinajstić information content (AvgIpc) is 2.48. The van der Waals surface area contributed by atoms with E-state index < -0.39 is 12.5 Å². The molecule has 0 unspecified atom stereocenters. The van der Waals surface area contributed by atoms with Crippen molar-refractivity contribution in [1.29, 1.82) is 0 Å². The summed E-state index contributed by atoms with van der Waals surface area (Å²) in [5.74, 6) is -2.66. The molecule has 2 aromatic rings. The SMILES string of the molecule is CNCc1nc(C)ccc1OCC(F)(F)c1ccccc1. The molecule has 0 atom stereocenters. The Morgan fingerprint density at radius 3 is 2.52 bits per heavy atom. The molecule has 112 valence electrons. The van der Waals surface area contributed by atoms with Crippen LogP contribution in [0.25, 0.3) is 0 Å². The fraction of sp³-hybridized carbons (Fsp3) is 0.312. The third-order valence-corrected chi connectivity index (χ3v) is 3.02. The molecule has 21 heavy (non-hydrogen) atoms. The van der Waals surface area contributed by atoms with Crippen LogP contribution in [-0.4, -0.2) is 18.6 Å². The highest BCUT2D eigenvalue weighted by molar-refractivity contribution is 5.29. The van der Waals surface area contributed by atoms with Gasteiger partial charge in [-0.05, 0) is 26.1 Å². The summed E-state index contributed by atoms with van der Waals surface area (Å²) in [4.78, 5) is 4.30. The summed E-state index contributed by atoms with van der Waals surface area (Å²) < 4.78 is 33.5. The van der Waals surface area contributed by atoms with Crippen LogP contribution in [0.2, 0.25) is 0 Å². The lowest BCUT2D eigenvalue weighted by atomic mass is 10.1. The maximum atomic E-state index is 14.1. The van der Waals surface area contributed by atoms with Gasteiger partial charge >= 0.3 is 5.92 Å². The predicted octanol–water partition coefficient (Wildman–Crippen LogP) is 3.28. The summed E-state index contributed by atoms with van der Waals surface area (Å²) in [5, 5.41) is 2.95. The van der Waals surface area contributed by atoms with Crippen LogP contribution in [0.5, 0.6) is 5.75 Å². The minimum absolute atomic E-state index is 0.0553. The molecule has 0 bridgehead atoms. The molecule has 0 amide bonds. The molecule has 5 heteroatoms. The van der Waals surface area contributed by atoms with Gasteiger partial charge in [0.05, 0.1) is 5.69 Å². The summed E-state index contributed by atoms with van der Waals surface area (Å²) in [6.07, 6.45) is 0. The highest BCUT2D eigenvalue weighted by atomic mass is 19.3. The predicted molar refractivity (Wildman–Crippen MR) is 77.6 cm³/mol. The molecule has 1 aromatic carbocycles. The molecule has 1 N–H and O–H groups in total. The molecule has 0 saturated carbocycles. The maximum Gasteiger partial charge on any atom is 0.306 e. The number of alkyl halides is 2. The normalized spacial score (nSPS) is 11.4. The molecule has 0 aliphatic carbocycles. The van der Waals surface area contributed by atoms with Crippen LogP contribution >= 0.6 is 0 Å². The van der Waals surface area contributed by atoms with Crippen LogP contribution in [0.1, 0.15) is 17.0 Å². The number of aromatic nitrogens is 1. The van der Waals surface area contributed by atoms with Gasteiger partial charge in [0, 0.05) is 17.8 Å². The number of hydrogen-bond donors (Lipinski definition) is 1. The van der Waals surface area contributed by atoms with Crippen molar-refractivity contribution in [2.75, 3.05) is 13.7 Å². The topological polar surface area (TPSA) is 34.2 Å². The first-order chi connectivity index (χ1) is 10.0. The largest absolute Gasteiger partial charge is 0.485 e. The Labute approximate surface area is 123 Å². The third-order valence-electron chi connectivity index (χ3n) is 3.02. The Hall–Kier alpha value is -2.01. The summed E-state index contributed by atoms with van der Waals surface area (Å²) in [5.41, 5.74) is 1.39. The number of aryl methyl sites for hydroxylation is 1. The number of rotatable bonds is 6. The number of nitrogens with one attached hydrogen (secondary N) is 1. The fourth-order valence-corrected chi connectivity index (χ4v) is 1.96. The first-order valence-electron chi connectivity index (χ1n) is 6.70. The van der Waals surface area contributed by atoms with Gasteiger partial charge < -0.3 is 10.1 Å². The standard InChI is InChI=1S/C16H18F2N2O/c1-12-8-9-15(14(20-12)10-19-2)21-11-16(17,18)13-6-4-3-5-7-13/h3-9,19H,10-11H2,1-2H3. The van der Waals surface area contributed by atoms with Crippen molar-refractivity contribution >= 4 is 0 Å². The number of benzene rings is 1. The quantitative estimate of drug-likeness (QED) is 0.887. The molecule has 1 heterocycles. The van der Waals surface area contributed by atoms with E-state index in [0.29, 0.717) is 18.0 Å². The van der Waals surface area contributed by atoms with Gasteiger partial charge in [-0.1, -0.05) is 30.3 Å². The Bertz CT molecular complexity index is 588. The minimum atomic E-state index is -3.04. The van der Waals surface area contributed by atoms with E-state index in [-0.39, 0.29) is 5.56 Å². The molecule has 2 rings (SSSR count). The van der Waals surface area contributed by atoms with E-state index in [9.17, 15) is 8.78 Å². The lowest BCUT2D eigenvalue weighted by molar-refractivity contribution is -0.0470. The first-order valence-corrected chi connectivity index (χ1v) is 6.70. The van der Waals surface area contributed by atoms with Gasteiger partial charge in [-0.3, -0.25) is 4.98 Å². The number of halogens is 2. The molecular weight excluding hydrogens is 274 g/mol. The van der Waals surface area contributed by atoms with E-state index in [2.05, 4.69) is 10.3 Å². The summed E-state index contributed by atoms with van der Waals surface area (Å²) >= 11 is 0. The monoisotopic (exact) mass is 292 g/mol. The van der Waals surface area contributed by atoms with Crippen molar-refractivity contribution < 1.29 is 13.5 Å². The molecule has 0 fully saturated rings. The molecular formula is C16H18F2N2O. The molecule has 0 spiro atoms. The van der Waals surface area contributed by atoms with Gasteiger partial charge in [0.2, 0.25) is 0 Å². The highest BCUT2D eigenvalue weighted by Gasteiger charge is 2.32. The van der Waals surface area contributed by atoms with E-state index in [0.717, 1.165) is 5.69 Å². The zero-order valence-electron chi connectivity index (χ0n) is 12.1. The van der Waals surface area contributed by atoms with Crippen LogP contribution in [-0.2, 0) is 12.5 Å². The van der Waals surface area contributed by atoms with Crippen molar-refractivity contribution in [3.05, 3.63) is 59.4 Å². The van der Waals surface area contributed by atoms with E-state index in [1.54, 1.807) is 37.4 Å².